The van der Waals surface area contributed by atoms with E-state index in [2.05, 4.69) is 16.3 Å². The van der Waals surface area contributed by atoms with Gasteiger partial charge in [-0.15, -0.1) is 22.0 Å². The smallest absolute Gasteiger partial charge is 0.247 e. The summed E-state index contributed by atoms with van der Waals surface area (Å²) in [6.07, 6.45) is 0. The first-order valence-electron chi connectivity index (χ1n) is 6.59. The van der Waals surface area contributed by atoms with Crippen molar-refractivity contribution in [3.05, 3.63) is 60.0 Å². The summed E-state index contributed by atoms with van der Waals surface area (Å²) in [6.45, 7) is 2.00. The minimum Gasteiger partial charge on any atom is -0.420 e. The molecule has 0 saturated carbocycles. The van der Waals surface area contributed by atoms with Gasteiger partial charge in [-0.25, -0.2) is 0 Å². The van der Waals surface area contributed by atoms with Crippen molar-refractivity contribution in [2.75, 3.05) is 5.73 Å². The summed E-state index contributed by atoms with van der Waals surface area (Å²) in [7, 11) is 0. The number of hydrogen-bond donors (Lipinski definition) is 1. The van der Waals surface area contributed by atoms with Crippen molar-refractivity contribution in [3.8, 4) is 11.5 Å². The summed E-state index contributed by atoms with van der Waals surface area (Å²) in [4.78, 5) is 1.14. The molecule has 5 heteroatoms. The van der Waals surface area contributed by atoms with Crippen LogP contribution < -0.4 is 5.73 Å². The van der Waals surface area contributed by atoms with Crippen molar-refractivity contribution >= 4 is 17.4 Å². The molecule has 1 heterocycles. The van der Waals surface area contributed by atoms with E-state index in [1.165, 1.54) is 0 Å². The fourth-order valence-electron chi connectivity index (χ4n) is 1.89. The van der Waals surface area contributed by atoms with Crippen LogP contribution in [0.2, 0.25) is 0 Å². The Bertz CT molecular complexity index is 740. The second-order valence-electron chi connectivity index (χ2n) is 4.67. The van der Waals surface area contributed by atoms with E-state index in [9.17, 15) is 0 Å². The summed E-state index contributed by atoms with van der Waals surface area (Å²) in [5, 5.41) is 8.17. The van der Waals surface area contributed by atoms with Gasteiger partial charge in [-0.2, -0.15) is 0 Å². The fraction of sp³-hybridized carbons (Fsp3) is 0.125. The molecule has 0 bridgehead atoms. The van der Waals surface area contributed by atoms with Crippen LogP contribution in [0.15, 0.2) is 57.8 Å². The average molecular weight is 297 g/mol. The lowest BCUT2D eigenvalue weighted by Gasteiger charge is -2.03. The minimum atomic E-state index is 0.555. The van der Waals surface area contributed by atoms with E-state index in [1.54, 1.807) is 11.8 Å². The molecule has 0 amide bonds. The van der Waals surface area contributed by atoms with Crippen molar-refractivity contribution in [2.45, 2.75) is 17.6 Å². The van der Waals surface area contributed by atoms with Crippen LogP contribution in [0.5, 0.6) is 0 Å². The Balaban J connectivity index is 1.69. The molecule has 21 heavy (non-hydrogen) atoms. The lowest BCUT2D eigenvalue weighted by Crippen LogP contribution is -1.89. The van der Waals surface area contributed by atoms with Gasteiger partial charge in [0.1, 0.15) is 0 Å². The largest absolute Gasteiger partial charge is 0.420 e. The lowest BCUT2D eigenvalue weighted by molar-refractivity contribution is 0.528. The van der Waals surface area contributed by atoms with Gasteiger partial charge in [-0.05, 0) is 42.8 Å². The van der Waals surface area contributed by atoms with E-state index in [1.807, 2.05) is 49.4 Å². The summed E-state index contributed by atoms with van der Waals surface area (Å²) >= 11 is 1.65. The Morgan fingerprint density at radius 3 is 2.67 bits per heavy atom. The zero-order valence-corrected chi connectivity index (χ0v) is 12.4. The van der Waals surface area contributed by atoms with Crippen molar-refractivity contribution in [3.63, 3.8) is 0 Å². The molecule has 0 saturated heterocycles. The number of hydrogen-bond acceptors (Lipinski definition) is 5. The maximum atomic E-state index is 5.81. The predicted molar refractivity (Wildman–Crippen MR) is 84.9 cm³/mol. The number of nitrogens with two attached hydrogens (primary N) is 1. The predicted octanol–water partition coefficient (Wildman–Crippen LogP) is 3.92. The molecule has 0 spiro atoms. The summed E-state index contributed by atoms with van der Waals surface area (Å²) < 4.78 is 5.68. The molecular weight excluding hydrogens is 282 g/mol. The van der Waals surface area contributed by atoms with E-state index >= 15 is 0 Å². The highest BCUT2D eigenvalue weighted by Crippen LogP contribution is 2.26. The third-order valence-electron chi connectivity index (χ3n) is 3.09. The number of nitrogen functional groups attached to an aromatic ring is 1. The molecule has 0 atom stereocenters. The Morgan fingerprint density at radius 2 is 1.90 bits per heavy atom. The number of thioether (sulfide) groups is 1. The third-order valence-corrected chi connectivity index (χ3v) is 4.07. The van der Waals surface area contributed by atoms with Crippen LogP contribution in [0.1, 0.15) is 11.5 Å². The highest BCUT2D eigenvalue weighted by molar-refractivity contribution is 7.98. The van der Waals surface area contributed by atoms with Crippen molar-refractivity contribution in [1.29, 1.82) is 0 Å². The minimum absolute atomic E-state index is 0.555. The van der Waals surface area contributed by atoms with Gasteiger partial charge < -0.3 is 10.2 Å². The van der Waals surface area contributed by atoms with Crippen LogP contribution >= 0.6 is 11.8 Å². The number of benzene rings is 2. The first-order chi connectivity index (χ1) is 10.2. The number of rotatable bonds is 4. The van der Waals surface area contributed by atoms with Crippen molar-refractivity contribution < 1.29 is 4.42 Å². The second-order valence-corrected chi connectivity index (χ2v) is 5.72. The standard InChI is InChI=1S/C16H15N3OS/c1-11-9-13(7-8-14(11)17)21-10-15-18-19-16(20-15)12-5-3-2-4-6-12/h2-9H,10,17H2,1H3. The normalized spacial score (nSPS) is 10.7. The van der Waals surface area contributed by atoms with Crippen LogP contribution in [-0.4, -0.2) is 10.2 Å². The van der Waals surface area contributed by atoms with Crippen LogP contribution in [0.4, 0.5) is 5.69 Å². The highest BCUT2D eigenvalue weighted by Gasteiger charge is 2.08. The Hall–Kier alpha value is -2.27. The van der Waals surface area contributed by atoms with Gasteiger partial charge in [0.15, 0.2) is 0 Å². The van der Waals surface area contributed by atoms with E-state index in [0.717, 1.165) is 21.7 Å². The van der Waals surface area contributed by atoms with E-state index in [-0.39, 0.29) is 0 Å². The van der Waals surface area contributed by atoms with Gasteiger partial charge in [-0.1, -0.05) is 18.2 Å². The molecular formula is C16H15N3OS. The Labute approximate surface area is 127 Å². The molecule has 4 nitrogen and oxygen atoms in total. The number of nitrogens with zero attached hydrogens (tertiary/aromatic N) is 2. The monoisotopic (exact) mass is 297 g/mol. The van der Waals surface area contributed by atoms with Crippen LogP contribution in [0.25, 0.3) is 11.5 Å². The van der Waals surface area contributed by atoms with E-state index in [4.69, 9.17) is 10.2 Å². The number of aryl methyl sites for hydroxylation is 1. The van der Waals surface area contributed by atoms with Crippen molar-refractivity contribution in [2.24, 2.45) is 0 Å². The molecule has 0 unspecified atom stereocenters. The van der Waals surface area contributed by atoms with Gasteiger partial charge in [-0.3, -0.25) is 0 Å². The van der Waals surface area contributed by atoms with E-state index < -0.39 is 0 Å². The summed E-state index contributed by atoms with van der Waals surface area (Å²) in [6, 6.07) is 15.7. The van der Waals surface area contributed by atoms with Gasteiger partial charge in [0, 0.05) is 16.1 Å². The summed E-state index contributed by atoms with van der Waals surface area (Å²) in [5.41, 5.74) is 8.64. The SMILES string of the molecule is Cc1cc(SCc2nnc(-c3ccccc3)o2)ccc1N. The molecule has 2 aromatic carbocycles. The maximum absolute atomic E-state index is 5.81. The average Bonchev–Trinajstić information content (AvgIpc) is 2.98. The van der Waals surface area contributed by atoms with Crippen LogP contribution in [0, 0.1) is 6.92 Å². The molecule has 0 aliphatic rings. The van der Waals surface area contributed by atoms with Gasteiger partial charge in [0.25, 0.3) is 0 Å². The van der Waals surface area contributed by atoms with Crippen LogP contribution in [-0.2, 0) is 5.75 Å². The molecule has 0 aliphatic carbocycles. The van der Waals surface area contributed by atoms with Crippen molar-refractivity contribution in [1.82, 2.24) is 10.2 Å². The molecule has 0 fully saturated rings. The molecule has 106 valence electrons. The molecule has 2 N–H and O–H groups in total. The van der Waals surface area contributed by atoms with E-state index in [0.29, 0.717) is 17.5 Å². The number of anilines is 1. The lowest BCUT2D eigenvalue weighted by atomic mass is 10.2. The quantitative estimate of drug-likeness (QED) is 0.584. The second kappa shape index (κ2) is 6.01. The first kappa shape index (κ1) is 13.7. The van der Waals surface area contributed by atoms with Gasteiger partial charge in [0.2, 0.25) is 11.8 Å². The first-order valence-corrected chi connectivity index (χ1v) is 7.57. The van der Waals surface area contributed by atoms with Gasteiger partial charge in [0.05, 0.1) is 5.75 Å². The highest BCUT2D eigenvalue weighted by atomic mass is 32.2. The molecule has 0 aliphatic heterocycles. The fourth-order valence-corrected chi connectivity index (χ4v) is 2.72. The molecule has 3 rings (SSSR count). The zero-order valence-electron chi connectivity index (χ0n) is 11.6. The maximum Gasteiger partial charge on any atom is 0.247 e. The molecule has 3 aromatic rings. The molecule has 1 aromatic heterocycles. The third kappa shape index (κ3) is 3.25. The Kier molecular flexibility index (Phi) is 3.92. The topological polar surface area (TPSA) is 64.9 Å². The number of aromatic nitrogens is 2. The Morgan fingerprint density at radius 1 is 1.10 bits per heavy atom. The zero-order chi connectivity index (χ0) is 14.7. The molecule has 0 radical (unpaired) electrons. The summed E-state index contributed by atoms with van der Waals surface area (Å²) in [5.74, 6) is 1.82. The van der Waals surface area contributed by atoms with Gasteiger partial charge >= 0.3 is 0 Å². The van der Waals surface area contributed by atoms with Crippen LogP contribution in [0.3, 0.4) is 0 Å².